The first-order chi connectivity index (χ1) is 8.74. The van der Waals surface area contributed by atoms with Crippen molar-refractivity contribution >= 4 is 17.5 Å². The zero-order valence-corrected chi connectivity index (χ0v) is 12.1. The van der Waals surface area contributed by atoms with E-state index >= 15 is 0 Å². The maximum absolute atomic E-state index is 5.83. The minimum Gasteiger partial charge on any atom is -0.341 e. The molecule has 0 spiro atoms. The van der Waals surface area contributed by atoms with Gasteiger partial charge in [0.1, 0.15) is 0 Å². The van der Waals surface area contributed by atoms with Gasteiger partial charge in [0.05, 0.1) is 5.88 Å². The third-order valence-corrected chi connectivity index (χ3v) is 4.09. The fraction of sp³-hybridized carbons (Fsp3) is 0.714. The van der Waals surface area contributed by atoms with Gasteiger partial charge in [0.25, 0.3) is 0 Å². The number of hydrogen-bond donors (Lipinski definition) is 0. The Bertz CT molecular complexity index is 387. The summed E-state index contributed by atoms with van der Waals surface area (Å²) in [6.07, 6.45) is 7.06. The minimum absolute atomic E-state index is 0.491. The smallest absolute Gasteiger partial charge is 0.225 e. The summed E-state index contributed by atoms with van der Waals surface area (Å²) in [6, 6.07) is 0. The number of hydrogen-bond acceptors (Lipinski definition) is 3. The van der Waals surface area contributed by atoms with Crippen LogP contribution in [0.4, 0.5) is 5.95 Å². The van der Waals surface area contributed by atoms with Gasteiger partial charge in [0, 0.05) is 30.5 Å². The molecule has 0 aromatic carbocycles. The Hall–Kier alpha value is -0.830. The molecule has 0 bridgehead atoms. The van der Waals surface area contributed by atoms with Gasteiger partial charge in [-0.15, -0.1) is 11.6 Å². The summed E-state index contributed by atoms with van der Waals surface area (Å²) in [6.45, 7) is 6.45. The van der Waals surface area contributed by atoms with E-state index in [1.165, 1.54) is 25.7 Å². The van der Waals surface area contributed by atoms with Crippen molar-refractivity contribution in [2.45, 2.75) is 45.4 Å². The molecular weight excluding hydrogens is 246 g/mol. The lowest BCUT2D eigenvalue weighted by Gasteiger charge is -2.32. The first kappa shape index (κ1) is 13.6. The fourth-order valence-electron chi connectivity index (χ4n) is 2.59. The molecule has 100 valence electrons. The molecule has 4 heteroatoms. The van der Waals surface area contributed by atoms with E-state index < -0.39 is 0 Å². The van der Waals surface area contributed by atoms with Gasteiger partial charge in [0.2, 0.25) is 5.95 Å². The molecule has 0 atom stereocenters. The molecule has 2 rings (SSSR count). The molecule has 2 heterocycles. The van der Waals surface area contributed by atoms with E-state index in [0.717, 1.165) is 36.2 Å². The van der Waals surface area contributed by atoms with Crippen LogP contribution in [0.2, 0.25) is 0 Å². The van der Waals surface area contributed by atoms with E-state index in [4.69, 9.17) is 11.6 Å². The second-order valence-electron chi connectivity index (χ2n) is 5.13. The topological polar surface area (TPSA) is 29.0 Å². The number of nitrogens with zero attached hydrogens (tertiary/aromatic N) is 3. The van der Waals surface area contributed by atoms with Crippen LogP contribution < -0.4 is 4.90 Å². The lowest BCUT2D eigenvalue weighted by molar-refractivity contribution is 0.376. The molecule has 0 amide bonds. The molecule has 18 heavy (non-hydrogen) atoms. The van der Waals surface area contributed by atoms with Crippen molar-refractivity contribution in [1.82, 2.24) is 9.97 Å². The summed E-state index contributed by atoms with van der Waals surface area (Å²) in [5.41, 5.74) is 2.03. The van der Waals surface area contributed by atoms with Gasteiger partial charge in [-0.05, 0) is 25.7 Å². The predicted octanol–water partition coefficient (Wildman–Crippen LogP) is 3.54. The molecule has 1 saturated heterocycles. The monoisotopic (exact) mass is 267 g/mol. The maximum Gasteiger partial charge on any atom is 0.225 e. The molecule has 3 nitrogen and oxygen atoms in total. The average molecular weight is 268 g/mol. The lowest BCUT2D eigenvalue weighted by Crippen LogP contribution is -2.35. The van der Waals surface area contributed by atoms with Crippen LogP contribution in [0.15, 0.2) is 6.20 Å². The molecule has 1 aromatic heterocycles. The lowest BCUT2D eigenvalue weighted by atomic mass is 9.93. The summed E-state index contributed by atoms with van der Waals surface area (Å²) in [7, 11) is 0. The van der Waals surface area contributed by atoms with Crippen molar-refractivity contribution < 1.29 is 0 Å². The first-order valence-corrected chi connectivity index (χ1v) is 7.41. The molecule has 1 aliphatic rings. The van der Waals surface area contributed by atoms with Gasteiger partial charge in [-0.2, -0.15) is 0 Å². The largest absolute Gasteiger partial charge is 0.341 e. The van der Waals surface area contributed by atoms with Gasteiger partial charge in [-0.1, -0.05) is 19.8 Å². The third-order valence-electron chi connectivity index (χ3n) is 3.81. The molecule has 0 unspecified atom stereocenters. The van der Waals surface area contributed by atoms with E-state index in [0.29, 0.717) is 5.88 Å². The Kier molecular flexibility index (Phi) is 4.81. The highest BCUT2D eigenvalue weighted by molar-refractivity contribution is 6.17. The molecule has 0 radical (unpaired) electrons. The van der Waals surface area contributed by atoms with E-state index in [1.54, 1.807) is 0 Å². The summed E-state index contributed by atoms with van der Waals surface area (Å²) < 4.78 is 0. The Balaban J connectivity index is 1.99. The Labute approximate surface area is 115 Å². The van der Waals surface area contributed by atoms with E-state index in [1.807, 2.05) is 13.1 Å². The molecule has 1 fully saturated rings. The number of halogens is 1. The van der Waals surface area contributed by atoms with Crippen LogP contribution in [0, 0.1) is 12.8 Å². The zero-order chi connectivity index (χ0) is 13.0. The summed E-state index contributed by atoms with van der Waals surface area (Å²) in [5, 5.41) is 0. The highest BCUT2D eigenvalue weighted by Gasteiger charge is 2.20. The fourth-order valence-corrected chi connectivity index (χ4v) is 2.86. The van der Waals surface area contributed by atoms with Crippen molar-refractivity contribution in [3.05, 3.63) is 17.5 Å². The maximum atomic E-state index is 5.83. The van der Waals surface area contributed by atoms with E-state index in [2.05, 4.69) is 21.8 Å². The van der Waals surface area contributed by atoms with Crippen LogP contribution >= 0.6 is 11.6 Å². The zero-order valence-electron chi connectivity index (χ0n) is 11.3. The van der Waals surface area contributed by atoms with Gasteiger partial charge in [0.15, 0.2) is 0 Å². The normalized spacial score (nSPS) is 17.2. The second kappa shape index (κ2) is 6.37. The minimum atomic E-state index is 0.491. The Morgan fingerprint density at radius 2 is 2.11 bits per heavy atom. The van der Waals surface area contributed by atoms with Crippen molar-refractivity contribution in [3.8, 4) is 0 Å². The SMILES string of the molecule is CCCC1CCN(c2ncc(CCl)c(C)n2)CC1. The van der Waals surface area contributed by atoms with Crippen LogP contribution in [-0.2, 0) is 5.88 Å². The number of alkyl halides is 1. The summed E-state index contributed by atoms with van der Waals surface area (Å²) in [4.78, 5) is 11.3. The number of aromatic nitrogens is 2. The van der Waals surface area contributed by atoms with Crippen LogP contribution in [0.1, 0.15) is 43.9 Å². The van der Waals surface area contributed by atoms with Crippen LogP contribution in [0.25, 0.3) is 0 Å². The highest BCUT2D eigenvalue weighted by Crippen LogP contribution is 2.24. The number of piperidine rings is 1. The van der Waals surface area contributed by atoms with Crippen molar-refractivity contribution in [2.24, 2.45) is 5.92 Å². The number of anilines is 1. The van der Waals surface area contributed by atoms with Crippen LogP contribution in [-0.4, -0.2) is 23.1 Å². The van der Waals surface area contributed by atoms with Crippen LogP contribution in [0.5, 0.6) is 0 Å². The van der Waals surface area contributed by atoms with E-state index in [9.17, 15) is 0 Å². The van der Waals surface area contributed by atoms with Gasteiger partial charge in [-0.25, -0.2) is 9.97 Å². The first-order valence-electron chi connectivity index (χ1n) is 6.88. The van der Waals surface area contributed by atoms with E-state index in [-0.39, 0.29) is 0 Å². The third kappa shape index (κ3) is 3.14. The molecule has 1 aromatic rings. The summed E-state index contributed by atoms with van der Waals surface area (Å²) in [5.74, 6) is 2.26. The molecular formula is C14H22ClN3. The standard InChI is InChI=1S/C14H22ClN3/c1-3-4-12-5-7-18(8-6-12)14-16-10-13(9-15)11(2)17-14/h10,12H,3-9H2,1-2H3. The molecule has 1 aliphatic heterocycles. The Morgan fingerprint density at radius 1 is 1.39 bits per heavy atom. The van der Waals surface area contributed by atoms with Crippen molar-refractivity contribution in [2.75, 3.05) is 18.0 Å². The van der Waals surface area contributed by atoms with Gasteiger partial charge < -0.3 is 4.90 Å². The van der Waals surface area contributed by atoms with Gasteiger partial charge in [-0.3, -0.25) is 0 Å². The highest BCUT2D eigenvalue weighted by atomic mass is 35.5. The number of rotatable bonds is 4. The van der Waals surface area contributed by atoms with Crippen LogP contribution in [0.3, 0.4) is 0 Å². The van der Waals surface area contributed by atoms with Gasteiger partial charge >= 0.3 is 0 Å². The number of aryl methyl sites for hydroxylation is 1. The molecule has 0 aliphatic carbocycles. The molecule has 0 N–H and O–H groups in total. The van der Waals surface area contributed by atoms with Crippen molar-refractivity contribution in [3.63, 3.8) is 0 Å². The predicted molar refractivity (Wildman–Crippen MR) is 76.2 cm³/mol. The van der Waals surface area contributed by atoms with Crippen molar-refractivity contribution in [1.29, 1.82) is 0 Å². The second-order valence-corrected chi connectivity index (χ2v) is 5.40. The average Bonchev–Trinajstić information content (AvgIpc) is 2.40. The Morgan fingerprint density at radius 3 is 2.67 bits per heavy atom. The quantitative estimate of drug-likeness (QED) is 0.782. The summed E-state index contributed by atoms with van der Waals surface area (Å²) >= 11 is 5.83. The molecule has 0 saturated carbocycles.